The molecule has 0 N–H and O–H groups in total. The Kier molecular flexibility index (Phi) is 3.33. The normalized spacial score (nSPS) is 20.9. The summed E-state index contributed by atoms with van der Waals surface area (Å²) in [5.74, 6) is 2.42. The third-order valence-corrected chi connectivity index (χ3v) is 6.18. The molecule has 0 unspecified atom stereocenters. The molecule has 0 aromatic carbocycles. The van der Waals surface area contributed by atoms with Crippen LogP contribution in [-0.2, 0) is 13.9 Å². The Morgan fingerprint density at radius 1 is 1.33 bits per heavy atom. The minimum atomic E-state index is -0.243. The van der Waals surface area contributed by atoms with E-state index in [0.717, 1.165) is 0 Å². The molecule has 2 aliphatic carbocycles. The maximum atomic E-state index is 2.47. The number of hydrogen-bond donors (Lipinski definition) is 0. The van der Waals surface area contributed by atoms with Gasteiger partial charge in [0.15, 0.2) is 0 Å². The van der Waals surface area contributed by atoms with Crippen molar-refractivity contribution in [3.8, 4) is 0 Å². The van der Waals surface area contributed by atoms with Crippen LogP contribution in [-0.4, -0.2) is 0 Å². The molecule has 83 valence electrons. The number of rotatable bonds is 3. The van der Waals surface area contributed by atoms with E-state index in [1.165, 1.54) is 19.3 Å². The Morgan fingerprint density at radius 2 is 2.13 bits per heavy atom. The summed E-state index contributed by atoms with van der Waals surface area (Å²) in [5.41, 5.74) is 3.24. The van der Waals surface area contributed by atoms with Gasteiger partial charge < -0.3 is 0 Å². The summed E-state index contributed by atoms with van der Waals surface area (Å²) >= 11 is -0.243. The molecule has 2 aliphatic rings. The van der Waals surface area contributed by atoms with Crippen molar-refractivity contribution < 1.29 is 13.9 Å². The first kappa shape index (κ1) is 11.0. The van der Waals surface area contributed by atoms with Crippen molar-refractivity contribution >= 4 is 0 Å². The first-order valence-electron chi connectivity index (χ1n) is 5.54. The van der Waals surface area contributed by atoms with Crippen LogP contribution in [0.5, 0.6) is 0 Å². The first-order valence-corrected chi connectivity index (χ1v) is 7.74. The molecular weight excluding hydrogens is 224 g/mol. The van der Waals surface area contributed by atoms with E-state index in [9.17, 15) is 0 Å². The van der Waals surface area contributed by atoms with E-state index in [4.69, 9.17) is 0 Å². The predicted octanol–water partition coefficient (Wildman–Crippen LogP) is 4.51. The minimum absolute atomic E-state index is 0.243. The van der Waals surface area contributed by atoms with Gasteiger partial charge in [0.05, 0.1) is 0 Å². The molecule has 0 aliphatic heterocycles. The van der Waals surface area contributed by atoms with E-state index in [-0.39, 0.29) is 13.9 Å². The van der Waals surface area contributed by atoms with Crippen LogP contribution >= 0.6 is 0 Å². The molecule has 0 bridgehead atoms. The summed E-state index contributed by atoms with van der Waals surface area (Å²) < 4.78 is 3.31. The summed E-state index contributed by atoms with van der Waals surface area (Å²) in [6, 6.07) is 0. The molecule has 0 nitrogen and oxygen atoms in total. The Labute approximate surface area is 97.3 Å². The average Bonchev–Trinajstić information content (AvgIpc) is 2.85. The van der Waals surface area contributed by atoms with Crippen molar-refractivity contribution in [1.29, 1.82) is 0 Å². The molecule has 0 radical (unpaired) electrons. The van der Waals surface area contributed by atoms with Crippen molar-refractivity contribution in [2.45, 2.75) is 38.9 Å². The van der Waals surface area contributed by atoms with Crippen LogP contribution in [0.15, 0.2) is 44.4 Å². The van der Waals surface area contributed by atoms with Crippen LogP contribution in [0.3, 0.4) is 0 Å². The maximum absolute atomic E-state index is 2.47. The zero-order chi connectivity index (χ0) is 10.8. The number of hydrogen-bond acceptors (Lipinski definition) is 0. The van der Waals surface area contributed by atoms with E-state index in [0.29, 0.717) is 0 Å². The van der Waals surface area contributed by atoms with Crippen LogP contribution in [0.25, 0.3) is 0 Å². The van der Waals surface area contributed by atoms with Gasteiger partial charge in [0, 0.05) is 0 Å². The predicted molar refractivity (Wildman–Crippen MR) is 63.4 cm³/mol. The van der Waals surface area contributed by atoms with E-state index in [2.05, 4.69) is 44.0 Å². The molecule has 0 fully saturated rings. The Bertz CT molecular complexity index is 380. The topological polar surface area (TPSA) is 0 Å². The van der Waals surface area contributed by atoms with Gasteiger partial charge in [-0.3, -0.25) is 0 Å². The second-order valence-electron chi connectivity index (χ2n) is 4.00. The van der Waals surface area contributed by atoms with Crippen molar-refractivity contribution in [3.63, 3.8) is 0 Å². The van der Waals surface area contributed by atoms with E-state index < -0.39 is 0 Å². The molecule has 0 aromatic rings. The van der Waals surface area contributed by atoms with Gasteiger partial charge in [-0.05, 0) is 0 Å². The molecule has 1 heteroatoms. The molecule has 0 saturated heterocycles. The third kappa shape index (κ3) is 2.04. The van der Waals surface area contributed by atoms with Crippen molar-refractivity contribution in [2.24, 2.45) is 0 Å². The molecule has 0 amide bonds. The average molecular weight is 243 g/mol. The van der Waals surface area contributed by atoms with Crippen LogP contribution in [0, 0.1) is 0 Å². The fraction of sp³-hybridized carbons (Fsp3) is 0.429. The van der Waals surface area contributed by atoms with Gasteiger partial charge in [-0.25, -0.2) is 0 Å². The quantitative estimate of drug-likeness (QED) is 0.639. The molecule has 0 saturated carbocycles. The summed E-state index contributed by atoms with van der Waals surface area (Å²) in [6.45, 7) is 4.58. The third-order valence-electron chi connectivity index (χ3n) is 3.17. The van der Waals surface area contributed by atoms with Gasteiger partial charge in [0.2, 0.25) is 0 Å². The molecular formula is C14H19Fe. The monoisotopic (exact) mass is 243 g/mol. The number of allylic oxidation sites excluding steroid dienone is 8. The van der Waals surface area contributed by atoms with Crippen LogP contribution < -0.4 is 0 Å². The Balaban J connectivity index is 2.16. The Morgan fingerprint density at radius 3 is 2.67 bits per heavy atom. The molecule has 0 aromatic heterocycles. The fourth-order valence-corrected chi connectivity index (χ4v) is 4.63. The van der Waals surface area contributed by atoms with Crippen LogP contribution in [0.2, 0.25) is 5.82 Å². The van der Waals surface area contributed by atoms with Gasteiger partial charge in [0.1, 0.15) is 0 Å². The summed E-state index contributed by atoms with van der Waals surface area (Å²) in [7, 11) is 0. The van der Waals surface area contributed by atoms with Gasteiger partial charge in [0.25, 0.3) is 0 Å². The fourth-order valence-electron chi connectivity index (χ4n) is 2.13. The molecule has 2 rings (SSSR count). The van der Waals surface area contributed by atoms with Crippen LogP contribution in [0.4, 0.5) is 0 Å². The second-order valence-corrected chi connectivity index (χ2v) is 6.68. The van der Waals surface area contributed by atoms with Crippen molar-refractivity contribution in [1.82, 2.24) is 0 Å². The van der Waals surface area contributed by atoms with Crippen molar-refractivity contribution in [3.05, 3.63) is 44.4 Å². The molecule has 0 spiro atoms. The van der Waals surface area contributed by atoms with E-state index >= 15 is 0 Å². The molecule has 15 heavy (non-hydrogen) atoms. The summed E-state index contributed by atoms with van der Waals surface area (Å²) in [6.07, 6.45) is 12.9. The Hall–Kier alpha value is -0.521. The molecule has 0 atom stereocenters. The van der Waals surface area contributed by atoms with Gasteiger partial charge >= 0.3 is 97.2 Å². The van der Waals surface area contributed by atoms with E-state index in [1.54, 1.807) is 20.1 Å². The zero-order valence-electron chi connectivity index (χ0n) is 9.78. The molecule has 0 heterocycles. The van der Waals surface area contributed by atoms with Gasteiger partial charge in [-0.15, -0.1) is 0 Å². The second kappa shape index (κ2) is 4.55. The van der Waals surface area contributed by atoms with E-state index in [1.807, 2.05) is 0 Å². The SMILES string of the molecule is CCC1=C(C)[C]([Fe]([CH3])[C]2=CC=CC2)=CC1. The summed E-state index contributed by atoms with van der Waals surface area (Å²) in [4.78, 5) is 0. The van der Waals surface area contributed by atoms with Gasteiger partial charge in [-0.2, -0.15) is 0 Å². The van der Waals surface area contributed by atoms with Crippen molar-refractivity contribution in [2.75, 3.05) is 0 Å². The van der Waals surface area contributed by atoms with Gasteiger partial charge in [-0.1, -0.05) is 0 Å². The van der Waals surface area contributed by atoms with Crippen LogP contribution in [0.1, 0.15) is 33.1 Å². The zero-order valence-corrected chi connectivity index (χ0v) is 10.9. The summed E-state index contributed by atoms with van der Waals surface area (Å²) in [5, 5.41) is 0. The standard InChI is InChI=1S/C8H11.C5H5.CH3.Fe/c1-3-8-6-4-5-7(8)2;1-2-4-5-3-1;;/h4H,3,6H2,1-2H3;1-3H,4H2;1H3;. The first-order chi connectivity index (χ1) is 7.24.